The van der Waals surface area contributed by atoms with E-state index in [9.17, 15) is 14.4 Å². The molecule has 3 amide bonds. The summed E-state index contributed by atoms with van der Waals surface area (Å²) < 4.78 is 5.38. The Morgan fingerprint density at radius 3 is 1.97 bits per heavy atom. The summed E-state index contributed by atoms with van der Waals surface area (Å²) in [6.07, 6.45) is -0.0917. The quantitative estimate of drug-likeness (QED) is 0.412. The summed E-state index contributed by atoms with van der Waals surface area (Å²) in [4.78, 5) is 42.3. The van der Waals surface area contributed by atoms with Crippen molar-refractivity contribution in [2.24, 2.45) is 0 Å². The second kappa shape index (κ2) is 12.0. The number of hydrogen-bond donors (Lipinski definition) is 2. The monoisotopic (exact) mass is 523 g/mol. The van der Waals surface area contributed by atoms with E-state index in [2.05, 4.69) is 10.6 Å². The van der Waals surface area contributed by atoms with Crippen LogP contribution in [-0.2, 0) is 14.3 Å². The van der Waals surface area contributed by atoms with Crippen LogP contribution in [0.2, 0.25) is 0 Å². The molecule has 0 aliphatic rings. The van der Waals surface area contributed by atoms with Crippen molar-refractivity contribution in [3.05, 3.63) is 64.2 Å². The van der Waals surface area contributed by atoms with Gasteiger partial charge >= 0.3 is 6.09 Å². The van der Waals surface area contributed by atoms with Gasteiger partial charge in [0.05, 0.1) is 0 Å². The standard InChI is InChI=1S/C31H45N3O4/c1-12-31(10,11)34(28(36)23(6)32-29(37)38-30(7,8)9)26(24-17-16-19(2)22(5)18-24)27(35)33-25-20(3)14-13-15-21(25)4/h13-18,23,26H,12H2,1-11H3,(H,32,37)(H,33,35). The predicted octanol–water partition coefficient (Wildman–Crippen LogP) is 6.53. The number of amides is 3. The van der Waals surface area contributed by atoms with E-state index in [1.807, 2.05) is 84.9 Å². The molecule has 38 heavy (non-hydrogen) atoms. The van der Waals surface area contributed by atoms with Crippen LogP contribution in [0.5, 0.6) is 0 Å². The summed E-state index contributed by atoms with van der Waals surface area (Å²) in [7, 11) is 0. The molecule has 2 rings (SSSR count). The first-order valence-corrected chi connectivity index (χ1v) is 13.3. The Bertz CT molecular complexity index is 1160. The number of anilines is 1. The van der Waals surface area contributed by atoms with Gasteiger partial charge in [0, 0.05) is 11.2 Å². The average molecular weight is 524 g/mol. The molecular formula is C31H45N3O4. The Balaban J connectivity index is 2.62. The van der Waals surface area contributed by atoms with Crippen LogP contribution in [0.3, 0.4) is 0 Å². The maximum Gasteiger partial charge on any atom is 0.408 e. The Morgan fingerprint density at radius 1 is 0.895 bits per heavy atom. The molecule has 0 radical (unpaired) electrons. The Kier molecular flexibility index (Phi) is 9.76. The van der Waals surface area contributed by atoms with Gasteiger partial charge in [-0.3, -0.25) is 9.59 Å². The number of carbonyl (C=O) groups excluding carboxylic acids is 3. The summed E-state index contributed by atoms with van der Waals surface area (Å²) in [6.45, 7) is 20.6. The van der Waals surface area contributed by atoms with Crippen molar-refractivity contribution in [2.75, 3.05) is 5.32 Å². The van der Waals surface area contributed by atoms with Gasteiger partial charge in [-0.05, 0) is 103 Å². The molecule has 0 saturated heterocycles. The molecule has 2 aromatic carbocycles. The zero-order chi connectivity index (χ0) is 29.0. The average Bonchev–Trinajstić information content (AvgIpc) is 2.79. The van der Waals surface area contributed by atoms with Crippen LogP contribution >= 0.6 is 0 Å². The fraction of sp³-hybridized carbons (Fsp3) is 0.516. The van der Waals surface area contributed by atoms with Gasteiger partial charge in [-0.2, -0.15) is 0 Å². The highest BCUT2D eigenvalue weighted by Crippen LogP contribution is 2.34. The Hall–Kier alpha value is -3.35. The highest BCUT2D eigenvalue weighted by molar-refractivity contribution is 6.00. The Morgan fingerprint density at radius 2 is 1.47 bits per heavy atom. The number of nitrogens with one attached hydrogen (secondary N) is 2. The van der Waals surface area contributed by atoms with Crippen molar-refractivity contribution in [3.63, 3.8) is 0 Å². The van der Waals surface area contributed by atoms with Gasteiger partial charge in [-0.15, -0.1) is 0 Å². The fourth-order valence-electron chi connectivity index (χ4n) is 4.26. The number of carbonyl (C=O) groups is 3. The van der Waals surface area contributed by atoms with Crippen molar-refractivity contribution in [3.8, 4) is 0 Å². The van der Waals surface area contributed by atoms with Crippen molar-refractivity contribution < 1.29 is 19.1 Å². The number of rotatable bonds is 8. The number of para-hydroxylation sites is 1. The van der Waals surface area contributed by atoms with Gasteiger partial charge in [-0.1, -0.05) is 43.3 Å². The first kappa shape index (κ1) is 30.9. The van der Waals surface area contributed by atoms with E-state index in [1.54, 1.807) is 32.6 Å². The lowest BCUT2D eigenvalue weighted by Crippen LogP contribution is -2.58. The topological polar surface area (TPSA) is 87.7 Å². The first-order valence-electron chi connectivity index (χ1n) is 13.3. The third kappa shape index (κ3) is 7.59. The molecule has 0 fully saturated rings. The highest BCUT2D eigenvalue weighted by atomic mass is 16.6. The van der Waals surface area contributed by atoms with Crippen molar-refractivity contribution in [1.29, 1.82) is 0 Å². The molecule has 208 valence electrons. The molecule has 0 aliphatic heterocycles. The normalized spacial score (nSPS) is 13.3. The summed E-state index contributed by atoms with van der Waals surface area (Å²) in [5, 5.41) is 5.77. The van der Waals surface area contributed by atoms with E-state index in [-0.39, 0.29) is 11.8 Å². The third-order valence-electron chi connectivity index (χ3n) is 6.94. The molecular weight excluding hydrogens is 478 g/mol. The number of ether oxygens (including phenoxy) is 1. The molecule has 0 saturated carbocycles. The minimum atomic E-state index is -0.932. The summed E-state index contributed by atoms with van der Waals surface area (Å²) in [6, 6.07) is 9.81. The molecule has 0 aromatic heterocycles. The zero-order valence-corrected chi connectivity index (χ0v) is 24.9. The number of benzene rings is 2. The lowest BCUT2D eigenvalue weighted by molar-refractivity contribution is -0.147. The smallest absolute Gasteiger partial charge is 0.408 e. The molecule has 2 aromatic rings. The van der Waals surface area contributed by atoms with E-state index < -0.39 is 29.3 Å². The van der Waals surface area contributed by atoms with Crippen molar-refractivity contribution in [1.82, 2.24) is 10.2 Å². The van der Waals surface area contributed by atoms with Gasteiger partial charge in [0.1, 0.15) is 17.7 Å². The second-order valence-electron chi connectivity index (χ2n) is 11.7. The molecule has 7 heteroatoms. The highest BCUT2D eigenvalue weighted by Gasteiger charge is 2.42. The lowest BCUT2D eigenvalue weighted by atomic mass is 9.91. The summed E-state index contributed by atoms with van der Waals surface area (Å²) in [5.41, 5.74) is 4.01. The first-order chi connectivity index (χ1) is 17.5. The molecule has 0 spiro atoms. The Labute approximate surface area is 228 Å². The van der Waals surface area contributed by atoms with E-state index >= 15 is 0 Å². The van der Waals surface area contributed by atoms with Crippen LogP contribution in [-0.4, -0.2) is 40.0 Å². The molecule has 0 bridgehead atoms. The second-order valence-corrected chi connectivity index (χ2v) is 11.7. The van der Waals surface area contributed by atoms with Crippen LogP contribution in [0.4, 0.5) is 10.5 Å². The van der Waals surface area contributed by atoms with Crippen LogP contribution in [0.25, 0.3) is 0 Å². The number of alkyl carbamates (subject to hydrolysis) is 1. The fourth-order valence-corrected chi connectivity index (χ4v) is 4.26. The maximum atomic E-state index is 14.1. The predicted molar refractivity (Wildman–Crippen MR) is 153 cm³/mol. The zero-order valence-electron chi connectivity index (χ0n) is 24.9. The largest absolute Gasteiger partial charge is 0.444 e. The third-order valence-corrected chi connectivity index (χ3v) is 6.94. The summed E-state index contributed by atoms with van der Waals surface area (Å²) >= 11 is 0. The van der Waals surface area contributed by atoms with Gasteiger partial charge in [0.15, 0.2) is 0 Å². The molecule has 2 atom stereocenters. The van der Waals surface area contributed by atoms with Crippen LogP contribution in [0, 0.1) is 27.7 Å². The number of nitrogens with zero attached hydrogens (tertiary/aromatic N) is 1. The van der Waals surface area contributed by atoms with Gasteiger partial charge in [-0.25, -0.2) is 4.79 Å². The lowest BCUT2D eigenvalue weighted by Gasteiger charge is -2.44. The van der Waals surface area contributed by atoms with Gasteiger partial charge < -0.3 is 20.3 Å². The van der Waals surface area contributed by atoms with E-state index in [0.717, 1.165) is 27.9 Å². The van der Waals surface area contributed by atoms with E-state index in [0.29, 0.717) is 12.0 Å². The minimum absolute atomic E-state index is 0.315. The minimum Gasteiger partial charge on any atom is -0.444 e. The SMILES string of the molecule is CCC(C)(C)N(C(=O)C(C)NC(=O)OC(C)(C)C)C(C(=O)Nc1c(C)cccc1C)c1ccc(C)c(C)c1. The van der Waals surface area contributed by atoms with E-state index in [4.69, 9.17) is 4.74 Å². The molecule has 2 unspecified atom stereocenters. The van der Waals surface area contributed by atoms with Crippen LogP contribution < -0.4 is 10.6 Å². The van der Waals surface area contributed by atoms with Crippen LogP contribution in [0.15, 0.2) is 36.4 Å². The van der Waals surface area contributed by atoms with Gasteiger partial charge in [0.25, 0.3) is 5.91 Å². The van der Waals surface area contributed by atoms with E-state index in [1.165, 1.54) is 0 Å². The molecule has 0 heterocycles. The van der Waals surface area contributed by atoms with Crippen molar-refractivity contribution >= 4 is 23.6 Å². The molecule has 0 aliphatic carbocycles. The maximum absolute atomic E-state index is 14.1. The van der Waals surface area contributed by atoms with Crippen molar-refractivity contribution in [2.45, 2.75) is 106 Å². The molecule has 7 nitrogen and oxygen atoms in total. The van der Waals surface area contributed by atoms with Gasteiger partial charge in [0.2, 0.25) is 5.91 Å². The number of aryl methyl sites for hydroxylation is 4. The number of hydrogen-bond acceptors (Lipinski definition) is 4. The molecule has 2 N–H and O–H groups in total. The summed E-state index contributed by atoms with van der Waals surface area (Å²) in [5.74, 6) is -0.687. The van der Waals surface area contributed by atoms with Crippen LogP contribution in [0.1, 0.15) is 88.7 Å².